The average Bonchev–Trinajstić information content (AvgIpc) is 3.22. The molecule has 0 aromatic heterocycles. The number of amides is 1. The van der Waals surface area contributed by atoms with E-state index < -0.39 is 21.2 Å². The lowest BCUT2D eigenvalue weighted by atomic mass is 9.68. The summed E-state index contributed by atoms with van der Waals surface area (Å²) in [5.74, 6) is 1.91. The SMILES string of the molecule is C[C@H]([C@H]1CCC[C@H](C)[C@@H](C)S(=O)(=O)NC(=O)c2ccc3c(c2)N(CC2CC(C2)C1)C[C@@]1(CCCc2cc(Cl)ccc21)CO3)N1CCOCC1. The van der Waals surface area contributed by atoms with Crippen molar-refractivity contribution in [1.29, 1.82) is 0 Å². The summed E-state index contributed by atoms with van der Waals surface area (Å²) in [7, 11) is -3.88. The minimum absolute atomic E-state index is 0.0722. The van der Waals surface area contributed by atoms with E-state index in [9.17, 15) is 13.2 Å². The number of hydrogen-bond acceptors (Lipinski definition) is 7. The first kappa shape index (κ1) is 35.1. The van der Waals surface area contributed by atoms with E-state index in [0.717, 1.165) is 94.4 Å². The Hall–Kier alpha value is -2.33. The molecule has 0 radical (unpaired) electrons. The zero-order valence-electron chi connectivity index (χ0n) is 29.5. The molecular formula is C39H54ClN3O5S. The van der Waals surface area contributed by atoms with Crippen molar-refractivity contribution in [2.45, 2.75) is 95.3 Å². The lowest BCUT2D eigenvalue weighted by molar-refractivity contribution is -0.000761. The van der Waals surface area contributed by atoms with E-state index in [0.29, 0.717) is 36.0 Å². The lowest BCUT2D eigenvalue weighted by Gasteiger charge is -2.45. The van der Waals surface area contributed by atoms with Crippen LogP contribution in [0.4, 0.5) is 5.69 Å². The third-order valence-corrected chi connectivity index (χ3v) is 15.0. The number of ether oxygens (including phenoxy) is 2. The van der Waals surface area contributed by atoms with Crippen LogP contribution in [-0.4, -0.2) is 76.5 Å². The third kappa shape index (κ3) is 7.38. The molecule has 49 heavy (non-hydrogen) atoms. The van der Waals surface area contributed by atoms with Crippen LogP contribution in [0, 0.1) is 23.7 Å². The summed E-state index contributed by atoms with van der Waals surface area (Å²) in [5.41, 5.74) is 3.64. The summed E-state index contributed by atoms with van der Waals surface area (Å²) < 4.78 is 41.8. The zero-order valence-corrected chi connectivity index (χ0v) is 31.0. The summed E-state index contributed by atoms with van der Waals surface area (Å²) in [5, 5.41) is 0.0828. The Bertz CT molecular complexity index is 1620. The number of nitrogens with zero attached hydrogens (tertiary/aromatic N) is 2. The van der Waals surface area contributed by atoms with Gasteiger partial charge in [0.25, 0.3) is 5.91 Å². The van der Waals surface area contributed by atoms with Crippen LogP contribution in [-0.2, 0) is 26.6 Å². The number of benzene rings is 2. The monoisotopic (exact) mass is 711 g/mol. The first-order valence-corrected chi connectivity index (χ1v) is 20.6. The number of fused-ring (bicyclic) bond motifs is 11. The summed E-state index contributed by atoms with van der Waals surface area (Å²) in [6, 6.07) is 12.2. The van der Waals surface area contributed by atoms with E-state index >= 15 is 0 Å². The highest BCUT2D eigenvalue weighted by Gasteiger charge is 2.44. The number of hydrogen-bond donors (Lipinski definition) is 1. The van der Waals surface area contributed by atoms with Gasteiger partial charge in [-0.1, -0.05) is 31.0 Å². The molecule has 2 aliphatic carbocycles. The fourth-order valence-corrected chi connectivity index (χ4v) is 11.1. The number of sulfonamides is 1. The van der Waals surface area contributed by atoms with Gasteiger partial charge in [-0.25, -0.2) is 13.1 Å². The normalized spacial score (nSPS) is 33.1. The molecule has 2 aromatic rings. The number of rotatable bonds is 2. The third-order valence-electron chi connectivity index (χ3n) is 12.8. The van der Waals surface area contributed by atoms with Gasteiger partial charge in [-0.15, -0.1) is 0 Å². The molecule has 1 N–H and O–H groups in total. The van der Waals surface area contributed by atoms with Gasteiger partial charge in [0.05, 0.1) is 30.8 Å². The molecule has 10 heteroatoms. The Morgan fingerprint density at radius 1 is 1.00 bits per heavy atom. The van der Waals surface area contributed by atoms with E-state index in [1.807, 2.05) is 25.1 Å². The number of nitrogens with one attached hydrogen (secondary N) is 1. The van der Waals surface area contributed by atoms with E-state index in [1.165, 1.54) is 30.4 Å². The maximum Gasteiger partial charge on any atom is 0.264 e. The topological polar surface area (TPSA) is 88.2 Å². The summed E-state index contributed by atoms with van der Waals surface area (Å²) in [6.07, 6.45) is 9.63. The summed E-state index contributed by atoms with van der Waals surface area (Å²) in [6.45, 7) is 11.9. The number of anilines is 1. The predicted octanol–water partition coefficient (Wildman–Crippen LogP) is 6.83. The highest BCUT2D eigenvalue weighted by molar-refractivity contribution is 7.90. The van der Waals surface area contributed by atoms with Crippen LogP contribution in [0.1, 0.15) is 93.6 Å². The van der Waals surface area contributed by atoms with E-state index in [-0.39, 0.29) is 11.3 Å². The van der Waals surface area contributed by atoms with Crippen LogP contribution in [0.5, 0.6) is 5.75 Å². The minimum atomic E-state index is -3.88. The Morgan fingerprint density at radius 2 is 1.80 bits per heavy atom. The van der Waals surface area contributed by atoms with Crippen LogP contribution in [0.15, 0.2) is 36.4 Å². The Morgan fingerprint density at radius 3 is 2.59 bits per heavy atom. The fraction of sp³-hybridized carbons (Fsp3) is 0.667. The van der Waals surface area contributed by atoms with Crippen molar-refractivity contribution in [3.63, 3.8) is 0 Å². The number of morpholine rings is 1. The molecule has 0 unspecified atom stereocenters. The molecule has 8 nitrogen and oxygen atoms in total. The highest BCUT2D eigenvalue weighted by atomic mass is 35.5. The molecule has 1 saturated carbocycles. The largest absolute Gasteiger partial charge is 0.490 e. The number of carbonyl (C=O) groups excluding carboxylic acids is 1. The molecule has 5 atom stereocenters. The lowest BCUT2D eigenvalue weighted by Crippen LogP contribution is -2.48. The van der Waals surface area contributed by atoms with Gasteiger partial charge in [0.2, 0.25) is 10.0 Å². The van der Waals surface area contributed by atoms with Crippen molar-refractivity contribution >= 4 is 33.2 Å². The van der Waals surface area contributed by atoms with Gasteiger partial charge in [0.1, 0.15) is 5.75 Å². The maximum atomic E-state index is 13.6. The first-order valence-electron chi connectivity index (χ1n) is 18.7. The molecular weight excluding hydrogens is 658 g/mol. The zero-order chi connectivity index (χ0) is 34.3. The Kier molecular flexibility index (Phi) is 10.3. The van der Waals surface area contributed by atoms with Gasteiger partial charge in [0.15, 0.2) is 0 Å². The maximum absolute atomic E-state index is 13.6. The van der Waals surface area contributed by atoms with Gasteiger partial charge >= 0.3 is 0 Å². The molecule has 1 amide bonds. The fourth-order valence-electron chi connectivity index (χ4n) is 9.57. The molecule has 1 spiro atoms. The van der Waals surface area contributed by atoms with Crippen molar-refractivity contribution in [2.75, 3.05) is 50.9 Å². The molecule has 4 aliphatic heterocycles. The van der Waals surface area contributed by atoms with Crippen molar-refractivity contribution in [2.24, 2.45) is 23.7 Å². The predicted molar refractivity (Wildman–Crippen MR) is 195 cm³/mol. The Balaban J connectivity index is 1.21. The quantitative estimate of drug-likeness (QED) is 0.365. The second-order valence-electron chi connectivity index (χ2n) is 16.0. The van der Waals surface area contributed by atoms with E-state index in [1.54, 1.807) is 13.0 Å². The second-order valence-corrected chi connectivity index (χ2v) is 18.4. The first-order chi connectivity index (χ1) is 23.5. The average molecular weight is 712 g/mol. The molecule has 8 rings (SSSR count). The van der Waals surface area contributed by atoms with Crippen molar-refractivity contribution < 1.29 is 22.7 Å². The smallest absolute Gasteiger partial charge is 0.264 e. The molecule has 6 aliphatic rings. The summed E-state index contributed by atoms with van der Waals surface area (Å²) in [4.78, 5) is 18.7. The van der Waals surface area contributed by atoms with Gasteiger partial charge < -0.3 is 14.4 Å². The highest BCUT2D eigenvalue weighted by Crippen LogP contribution is 2.47. The van der Waals surface area contributed by atoms with E-state index in [2.05, 4.69) is 33.6 Å². The Labute approximate surface area is 298 Å². The van der Waals surface area contributed by atoms with Gasteiger partial charge in [-0.2, -0.15) is 0 Å². The van der Waals surface area contributed by atoms with Gasteiger partial charge in [-0.05, 0) is 130 Å². The van der Waals surface area contributed by atoms with Crippen molar-refractivity contribution in [1.82, 2.24) is 9.62 Å². The van der Waals surface area contributed by atoms with Crippen LogP contribution < -0.4 is 14.4 Å². The van der Waals surface area contributed by atoms with Crippen molar-refractivity contribution in [3.8, 4) is 5.75 Å². The number of halogens is 1. The second kappa shape index (κ2) is 14.4. The molecule has 2 fully saturated rings. The molecule has 4 heterocycles. The van der Waals surface area contributed by atoms with Crippen molar-refractivity contribution in [3.05, 3.63) is 58.1 Å². The van der Waals surface area contributed by atoms with Crippen LogP contribution in [0.3, 0.4) is 0 Å². The van der Waals surface area contributed by atoms with Gasteiger partial charge in [-0.3, -0.25) is 9.69 Å². The molecule has 2 aromatic carbocycles. The number of carbonyl (C=O) groups is 1. The molecule has 4 bridgehead atoms. The van der Waals surface area contributed by atoms with Gasteiger partial charge in [0, 0.05) is 48.2 Å². The molecule has 1 saturated heterocycles. The van der Waals surface area contributed by atoms with Crippen LogP contribution in [0.25, 0.3) is 0 Å². The number of aryl methyl sites for hydroxylation is 1. The van der Waals surface area contributed by atoms with Crippen LogP contribution in [0.2, 0.25) is 5.02 Å². The standard InChI is InChI=1S/C39H54ClN3O5S/c1-26-6-4-7-31(27(2)42-14-16-47-17-15-42)20-29-18-30(19-29)23-43-24-39(13-5-8-32-21-34(40)10-11-35(32)39)25-48-37-12-9-33(22-36(37)43)38(44)41-49(45,46)28(26)3/h9-12,21-22,26-31H,4-8,13-20,23-25H2,1-3H3,(H,41,44)/t26-,27+,28+,29?,30?,31-,39-/m0/s1. The van der Waals surface area contributed by atoms with Crippen LogP contribution >= 0.6 is 11.6 Å². The molecule has 268 valence electrons. The summed E-state index contributed by atoms with van der Waals surface area (Å²) >= 11 is 6.46. The van der Waals surface area contributed by atoms with E-state index in [4.69, 9.17) is 21.1 Å². The minimum Gasteiger partial charge on any atom is -0.490 e.